The molecular weight excluding hydrogens is 304 g/mol. The van der Waals surface area contributed by atoms with Gasteiger partial charge < -0.3 is 4.43 Å². The van der Waals surface area contributed by atoms with Crippen molar-refractivity contribution in [3.05, 3.63) is 0 Å². The van der Waals surface area contributed by atoms with E-state index in [1.54, 1.807) is 0 Å². The van der Waals surface area contributed by atoms with Crippen molar-refractivity contribution >= 4 is 24.2 Å². The first-order valence-corrected chi connectivity index (χ1v) is 10.9. The molecule has 0 radical (unpaired) electrons. The van der Waals surface area contributed by atoms with Gasteiger partial charge in [0.25, 0.3) is 0 Å². The lowest BCUT2D eigenvalue weighted by molar-refractivity contribution is 0.170. The zero-order chi connectivity index (χ0) is 14.4. The van der Waals surface area contributed by atoms with Crippen LogP contribution in [0.4, 0.5) is 0 Å². The molecule has 1 nitrogen and oxygen atoms in total. The predicted octanol–water partition coefficient (Wildman–Crippen LogP) is 5.21. The Morgan fingerprint density at radius 3 is 2.22 bits per heavy atom. The third kappa shape index (κ3) is 5.91. The average molecular weight is 333 g/mol. The first-order chi connectivity index (χ1) is 8.15. The first kappa shape index (κ1) is 18.2. The Morgan fingerprint density at radius 2 is 1.83 bits per heavy atom. The van der Waals surface area contributed by atoms with Crippen molar-refractivity contribution < 1.29 is 4.43 Å². The second-order valence-corrected chi connectivity index (χ2v) is 11.8. The largest absolute Gasteiger partial charge is 0.403 e. The number of hydrogen-bond acceptors (Lipinski definition) is 1. The molecule has 2 atom stereocenters. The zero-order valence-electron chi connectivity index (χ0n) is 13.1. The monoisotopic (exact) mass is 332 g/mol. The van der Waals surface area contributed by atoms with Gasteiger partial charge in [0.15, 0.2) is 8.32 Å². The van der Waals surface area contributed by atoms with Gasteiger partial charge in [-0.1, -0.05) is 68.8 Å². The van der Waals surface area contributed by atoms with Crippen LogP contribution in [0, 0.1) is 17.8 Å². The molecule has 0 saturated heterocycles. The average Bonchev–Trinajstić information content (AvgIpc) is 2.22. The number of rotatable bonds is 5. The van der Waals surface area contributed by atoms with Crippen molar-refractivity contribution in [2.75, 3.05) is 5.33 Å². The molecule has 0 aromatic carbocycles. The minimum absolute atomic E-state index is 0.0865. The summed E-state index contributed by atoms with van der Waals surface area (Å²) in [6.45, 7) is 15.9. The minimum atomic E-state index is -1.73. The van der Waals surface area contributed by atoms with Crippen LogP contribution in [-0.4, -0.2) is 19.8 Å². The Morgan fingerprint density at radius 1 is 1.28 bits per heavy atom. The number of alkyl halides is 1. The lowest BCUT2D eigenvalue weighted by Gasteiger charge is -2.39. The van der Waals surface area contributed by atoms with Gasteiger partial charge in [-0.3, -0.25) is 0 Å². The molecule has 0 fully saturated rings. The number of hydrogen-bond donors (Lipinski definition) is 0. The highest BCUT2D eigenvalue weighted by Crippen LogP contribution is 2.38. The van der Waals surface area contributed by atoms with E-state index in [2.05, 4.69) is 75.5 Å². The molecule has 0 aliphatic heterocycles. The van der Waals surface area contributed by atoms with Crippen LogP contribution in [0.15, 0.2) is 0 Å². The van der Waals surface area contributed by atoms with Crippen molar-refractivity contribution in [2.24, 2.45) is 5.92 Å². The molecule has 0 aliphatic carbocycles. The summed E-state index contributed by atoms with van der Waals surface area (Å²) in [6, 6.07) is 0. The Balaban J connectivity index is 4.89. The minimum Gasteiger partial charge on any atom is -0.403 e. The van der Waals surface area contributed by atoms with Gasteiger partial charge >= 0.3 is 0 Å². The summed E-state index contributed by atoms with van der Waals surface area (Å²) in [7, 11) is -1.73. The van der Waals surface area contributed by atoms with Crippen LogP contribution in [-0.2, 0) is 4.43 Å². The maximum absolute atomic E-state index is 6.46. The molecule has 3 heteroatoms. The summed E-state index contributed by atoms with van der Waals surface area (Å²) in [6.07, 6.45) is 2.45. The van der Waals surface area contributed by atoms with Gasteiger partial charge in [-0.2, -0.15) is 0 Å². The van der Waals surface area contributed by atoms with Gasteiger partial charge in [-0.25, -0.2) is 0 Å². The molecule has 106 valence electrons. The van der Waals surface area contributed by atoms with Crippen molar-refractivity contribution in [3.8, 4) is 11.8 Å². The molecule has 2 unspecified atom stereocenters. The summed E-state index contributed by atoms with van der Waals surface area (Å²) in [4.78, 5) is 0. The summed E-state index contributed by atoms with van der Waals surface area (Å²) < 4.78 is 6.46. The van der Waals surface area contributed by atoms with Crippen LogP contribution in [0.25, 0.3) is 0 Å². The van der Waals surface area contributed by atoms with Gasteiger partial charge in [0.2, 0.25) is 0 Å². The van der Waals surface area contributed by atoms with E-state index in [0.29, 0.717) is 5.92 Å². The molecule has 0 rings (SSSR count). The van der Waals surface area contributed by atoms with E-state index in [-0.39, 0.29) is 11.1 Å². The summed E-state index contributed by atoms with van der Waals surface area (Å²) in [5.41, 5.74) is 0. The fourth-order valence-electron chi connectivity index (χ4n) is 1.53. The third-order valence-electron chi connectivity index (χ3n) is 3.80. The molecule has 18 heavy (non-hydrogen) atoms. The molecule has 0 bridgehead atoms. The highest BCUT2D eigenvalue weighted by Gasteiger charge is 2.39. The molecule has 0 N–H and O–H groups in total. The molecule has 0 heterocycles. The second kappa shape index (κ2) is 7.72. The van der Waals surface area contributed by atoms with Crippen molar-refractivity contribution in [3.63, 3.8) is 0 Å². The van der Waals surface area contributed by atoms with E-state index in [1.807, 2.05) is 0 Å². The molecule has 0 aromatic heterocycles. The van der Waals surface area contributed by atoms with E-state index >= 15 is 0 Å². The Bertz CT molecular complexity index is 296. The Labute approximate surface area is 123 Å². The third-order valence-corrected chi connectivity index (χ3v) is 8.54. The second-order valence-electron chi connectivity index (χ2n) is 6.52. The summed E-state index contributed by atoms with van der Waals surface area (Å²) >= 11 is 3.37. The van der Waals surface area contributed by atoms with E-state index in [4.69, 9.17) is 4.43 Å². The van der Waals surface area contributed by atoms with Crippen LogP contribution in [0.1, 0.15) is 47.5 Å². The topological polar surface area (TPSA) is 9.23 Å². The van der Waals surface area contributed by atoms with Crippen LogP contribution >= 0.6 is 15.9 Å². The Hall–Kier alpha value is 0.217. The fraction of sp³-hybridized carbons (Fsp3) is 0.867. The standard InChI is InChI=1S/C15H29BrOSi/c1-8-10-13(2)14(11-9-12-16)17-18(6,7)15(3,4)5/h13-14H,8,10,12H2,1-7H3. The fourth-order valence-corrected chi connectivity index (χ4v) is 2.97. The van der Waals surface area contributed by atoms with Gasteiger partial charge in [-0.05, 0) is 30.5 Å². The Kier molecular flexibility index (Phi) is 7.81. The lowest BCUT2D eigenvalue weighted by Crippen LogP contribution is -2.45. The van der Waals surface area contributed by atoms with Crippen LogP contribution in [0.5, 0.6) is 0 Å². The van der Waals surface area contributed by atoms with Crippen molar-refractivity contribution in [1.29, 1.82) is 0 Å². The van der Waals surface area contributed by atoms with Gasteiger partial charge in [0.05, 0.1) is 5.33 Å². The van der Waals surface area contributed by atoms with E-state index < -0.39 is 8.32 Å². The molecular formula is C15H29BrOSi. The van der Waals surface area contributed by atoms with E-state index in [1.165, 1.54) is 12.8 Å². The molecule has 0 spiro atoms. The van der Waals surface area contributed by atoms with Crippen LogP contribution in [0.2, 0.25) is 18.1 Å². The van der Waals surface area contributed by atoms with E-state index in [9.17, 15) is 0 Å². The highest BCUT2D eigenvalue weighted by molar-refractivity contribution is 9.09. The SMILES string of the molecule is CCCC(C)C(C#CCBr)O[Si](C)(C)C(C)(C)C. The lowest BCUT2D eigenvalue weighted by atomic mass is 10.00. The quantitative estimate of drug-likeness (QED) is 0.381. The molecule has 0 aromatic rings. The van der Waals surface area contributed by atoms with Crippen molar-refractivity contribution in [1.82, 2.24) is 0 Å². The van der Waals surface area contributed by atoms with Gasteiger partial charge in [0.1, 0.15) is 6.10 Å². The maximum atomic E-state index is 6.46. The van der Waals surface area contributed by atoms with Crippen LogP contribution < -0.4 is 0 Å². The first-order valence-electron chi connectivity index (χ1n) is 6.88. The summed E-state index contributed by atoms with van der Waals surface area (Å²) in [5, 5.41) is 0.969. The van der Waals surface area contributed by atoms with Gasteiger partial charge in [-0.15, -0.1) is 0 Å². The maximum Gasteiger partial charge on any atom is 0.193 e. The highest BCUT2D eigenvalue weighted by atomic mass is 79.9. The molecule has 0 saturated carbocycles. The number of halogens is 1. The summed E-state index contributed by atoms with van der Waals surface area (Å²) in [5.74, 6) is 6.93. The predicted molar refractivity (Wildman–Crippen MR) is 87.7 cm³/mol. The molecule has 0 amide bonds. The van der Waals surface area contributed by atoms with Crippen LogP contribution in [0.3, 0.4) is 0 Å². The van der Waals surface area contributed by atoms with Crippen molar-refractivity contribution in [2.45, 2.75) is 71.7 Å². The normalized spacial score (nSPS) is 15.8. The smallest absolute Gasteiger partial charge is 0.193 e. The van der Waals surface area contributed by atoms with Gasteiger partial charge in [0, 0.05) is 0 Å². The zero-order valence-corrected chi connectivity index (χ0v) is 15.6. The van der Waals surface area contributed by atoms with E-state index in [0.717, 1.165) is 5.33 Å². The molecule has 0 aliphatic rings.